The quantitative estimate of drug-likeness (QED) is 0.676. The topological polar surface area (TPSA) is 89.5 Å². The number of aliphatic imine (C=N–C) groups is 1. The van der Waals surface area contributed by atoms with Crippen LogP contribution in [-0.4, -0.2) is 28.9 Å². The highest BCUT2D eigenvalue weighted by molar-refractivity contribution is 8.01. The molecular weight excluding hydrogens is 308 g/mol. The number of fused-ring (bicyclic) bond motifs is 1. The van der Waals surface area contributed by atoms with Crippen LogP contribution in [0.4, 0.5) is 5.69 Å². The first kappa shape index (κ1) is 14.3. The average Bonchev–Trinajstić information content (AvgIpc) is 2.93. The summed E-state index contributed by atoms with van der Waals surface area (Å²) < 4.78 is 0. The Bertz CT molecular complexity index is 716. The van der Waals surface area contributed by atoms with Gasteiger partial charge >= 0.3 is 0 Å². The van der Waals surface area contributed by atoms with E-state index in [9.17, 15) is 5.26 Å². The fourth-order valence-corrected chi connectivity index (χ4v) is 4.43. The largest absolute Gasteiger partial charge is 0.384 e. The lowest BCUT2D eigenvalue weighted by Crippen LogP contribution is -2.52. The Morgan fingerprint density at radius 2 is 2.04 bits per heavy atom. The van der Waals surface area contributed by atoms with E-state index < -0.39 is 4.99 Å². The minimum absolute atomic E-state index is 0.385. The molecule has 4 N–H and O–H groups in total. The van der Waals surface area contributed by atoms with Crippen LogP contribution in [-0.2, 0) is 0 Å². The summed E-state index contributed by atoms with van der Waals surface area (Å²) >= 11 is 1.54. The molecule has 0 aromatic heterocycles. The number of para-hydroxylation sites is 1. The fourth-order valence-electron chi connectivity index (χ4n) is 3.18. The van der Waals surface area contributed by atoms with E-state index >= 15 is 0 Å². The zero-order valence-electron chi connectivity index (χ0n) is 12.7. The minimum Gasteiger partial charge on any atom is -0.384 e. The highest BCUT2D eigenvalue weighted by Gasteiger charge is 2.46. The number of nitrogens with two attached hydrogens (primary N) is 1. The van der Waals surface area contributed by atoms with E-state index in [0.717, 1.165) is 42.5 Å². The van der Waals surface area contributed by atoms with E-state index in [1.807, 2.05) is 24.3 Å². The summed E-state index contributed by atoms with van der Waals surface area (Å²) in [5.74, 6) is 1.14. The lowest BCUT2D eigenvalue weighted by Gasteiger charge is -2.36. The Balaban J connectivity index is 1.74. The van der Waals surface area contributed by atoms with E-state index in [-0.39, 0.29) is 0 Å². The maximum absolute atomic E-state index is 9.60. The van der Waals surface area contributed by atoms with Crippen LogP contribution in [0.5, 0.6) is 0 Å². The van der Waals surface area contributed by atoms with Crippen LogP contribution in [0.3, 0.4) is 0 Å². The lowest BCUT2D eigenvalue weighted by molar-refractivity contribution is 0.331. The molecule has 1 fully saturated rings. The molecule has 7 heteroatoms. The monoisotopic (exact) mass is 326 g/mol. The molecule has 3 heterocycles. The molecule has 0 saturated carbocycles. The van der Waals surface area contributed by atoms with Crippen LogP contribution >= 0.6 is 11.8 Å². The number of hydrogen-bond donors (Lipinski definition) is 3. The SMILES string of the molecule is N#CC1=C(N)NC(N2CCCCC2)=NC12Nc1ccccc1S2. The fraction of sp³-hybridized carbons (Fsp3) is 0.375. The molecular formula is C16H18N6S. The van der Waals surface area contributed by atoms with Crippen LogP contribution in [0, 0.1) is 11.3 Å². The summed E-state index contributed by atoms with van der Waals surface area (Å²) in [6.07, 6.45) is 3.56. The standard InChI is InChI=1S/C16H18N6S/c17-10-11-14(18)19-15(22-8-4-1-5-9-22)21-16(11)20-12-6-2-3-7-13(12)23-16/h2-3,6-7,20H,1,4-5,8-9,18H2,(H,19,21). The number of nitrogens with zero attached hydrogens (tertiary/aromatic N) is 3. The van der Waals surface area contributed by atoms with Gasteiger partial charge in [-0.05, 0) is 31.4 Å². The van der Waals surface area contributed by atoms with Gasteiger partial charge < -0.3 is 21.3 Å². The summed E-state index contributed by atoms with van der Waals surface area (Å²) in [6, 6.07) is 10.2. The van der Waals surface area contributed by atoms with Gasteiger partial charge in [0.05, 0.1) is 5.69 Å². The first-order chi connectivity index (χ1) is 11.2. The molecule has 1 spiro atoms. The molecule has 0 radical (unpaired) electrons. The van der Waals surface area contributed by atoms with Gasteiger partial charge in [0.1, 0.15) is 17.5 Å². The van der Waals surface area contributed by atoms with Gasteiger partial charge in [-0.15, -0.1) is 0 Å². The molecule has 3 aliphatic rings. The van der Waals surface area contributed by atoms with E-state index in [4.69, 9.17) is 10.7 Å². The number of guanidine groups is 1. The van der Waals surface area contributed by atoms with Crippen molar-refractivity contribution in [3.8, 4) is 6.07 Å². The van der Waals surface area contributed by atoms with Crippen molar-refractivity contribution in [2.45, 2.75) is 29.2 Å². The van der Waals surface area contributed by atoms with Crippen LogP contribution in [0.25, 0.3) is 0 Å². The van der Waals surface area contributed by atoms with Gasteiger partial charge in [-0.25, -0.2) is 4.99 Å². The zero-order valence-corrected chi connectivity index (χ0v) is 13.5. The highest BCUT2D eigenvalue weighted by atomic mass is 32.2. The Labute approximate surface area is 139 Å². The van der Waals surface area contributed by atoms with Crippen molar-refractivity contribution in [1.29, 1.82) is 5.26 Å². The third-order valence-corrected chi connectivity index (χ3v) is 5.60. The molecule has 1 atom stereocenters. The lowest BCUT2D eigenvalue weighted by atomic mass is 10.1. The van der Waals surface area contributed by atoms with Crippen molar-refractivity contribution in [3.63, 3.8) is 0 Å². The molecule has 4 rings (SSSR count). The molecule has 1 unspecified atom stereocenters. The van der Waals surface area contributed by atoms with Crippen molar-refractivity contribution in [1.82, 2.24) is 10.2 Å². The van der Waals surface area contributed by atoms with Crippen molar-refractivity contribution < 1.29 is 0 Å². The van der Waals surface area contributed by atoms with Gasteiger partial charge in [0.2, 0.25) is 11.0 Å². The van der Waals surface area contributed by atoms with Crippen molar-refractivity contribution in [2.24, 2.45) is 10.7 Å². The Morgan fingerprint density at radius 3 is 2.78 bits per heavy atom. The Morgan fingerprint density at radius 1 is 1.26 bits per heavy atom. The van der Waals surface area contributed by atoms with Gasteiger partial charge in [-0.3, -0.25) is 0 Å². The molecule has 1 saturated heterocycles. The van der Waals surface area contributed by atoms with Gasteiger partial charge in [0, 0.05) is 18.0 Å². The van der Waals surface area contributed by atoms with E-state index in [0.29, 0.717) is 11.4 Å². The second kappa shape index (κ2) is 5.39. The Kier molecular flexibility index (Phi) is 3.34. The maximum Gasteiger partial charge on any atom is 0.225 e. The molecule has 23 heavy (non-hydrogen) atoms. The molecule has 6 nitrogen and oxygen atoms in total. The van der Waals surface area contributed by atoms with Gasteiger partial charge in [-0.1, -0.05) is 23.9 Å². The molecule has 0 bridgehead atoms. The number of nitriles is 1. The van der Waals surface area contributed by atoms with Gasteiger partial charge in [0.15, 0.2) is 0 Å². The predicted molar refractivity (Wildman–Crippen MR) is 91.5 cm³/mol. The number of thioether (sulfide) groups is 1. The first-order valence-electron chi connectivity index (χ1n) is 7.80. The normalized spacial score (nSPS) is 26.2. The number of hydrogen-bond acceptors (Lipinski definition) is 7. The molecule has 3 aliphatic heterocycles. The Hall–Kier alpha value is -2.33. The first-order valence-corrected chi connectivity index (χ1v) is 8.62. The van der Waals surface area contributed by atoms with Crippen molar-refractivity contribution in [3.05, 3.63) is 35.7 Å². The smallest absolute Gasteiger partial charge is 0.225 e. The number of anilines is 1. The zero-order chi connectivity index (χ0) is 15.9. The summed E-state index contributed by atoms with van der Waals surface area (Å²) in [6.45, 7) is 1.93. The molecule has 0 amide bonds. The molecule has 0 aliphatic carbocycles. The predicted octanol–water partition coefficient (Wildman–Crippen LogP) is 2.00. The number of likely N-dealkylation sites (tertiary alicyclic amines) is 1. The second-order valence-electron chi connectivity index (χ2n) is 5.88. The molecule has 118 valence electrons. The minimum atomic E-state index is -0.861. The second-order valence-corrected chi connectivity index (χ2v) is 7.11. The summed E-state index contributed by atoms with van der Waals surface area (Å²) in [5.41, 5.74) is 7.58. The molecule has 1 aromatic rings. The van der Waals surface area contributed by atoms with Crippen LogP contribution < -0.4 is 16.4 Å². The summed E-state index contributed by atoms with van der Waals surface area (Å²) in [4.78, 5) is 7.32. The number of rotatable bonds is 0. The number of nitrogens with one attached hydrogen (secondary N) is 2. The van der Waals surface area contributed by atoms with Crippen molar-refractivity contribution in [2.75, 3.05) is 18.4 Å². The number of benzene rings is 1. The van der Waals surface area contributed by atoms with E-state index in [1.165, 1.54) is 18.2 Å². The maximum atomic E-state index is 9.60. The van der Waals surface area contributed by atoms with Crippen molar-refractivity contribution >= 4 is 23.4 Å². The number of piperidine rings is 1. The van der Waals surface area contributed by atoms with Gasteiger partial charge in [0.25, 0.3) is 0 Å². The van der Waals surface area contributed by atoms with E-state index in [2.05, 4.69) is 21.6 Å². The third kappa shape index (κ3) is 2.30. The summed E-state index contributed by atoms with van der Waals surface area (Å²) in [5, 5.41) is 16.1. The summed E-state index contributed by atoms with van der Waals surface area (Å²) in [7, 11) is 0. The van der Waals surface area contributed by atoms with Crippen LogP contribution in [0.2, 0.25) is 0 Å². The molecule has 1 aromatic carbocycles. The highest BCUT2D eigenvalue weighted by Crippen LogP contribution is 2.50. The van der Waals surface area contributed by atoms with E-state index in [1.54, 1.807) is 0 Å². The van der Waals surface area contributed by atoms with Gasteiger partial charge in [-0.2, -0.15) is 5.26 Å². The van der Waals surface area contributed by atoms with Crippen LogP contribution in [0.1, 0.15) is 19.3 Å². The average molecular weight is 326 g/mol. The van der Waals surface area contributed by atoms with Crippen LogP contribution in [0.15, 0.2) is 45.5 Å². The third-order valence-electron chi connectivity index (χ3n) is 4.33.